The van der Waals surface area contributed by atoms with Gasteiger partial charge in [0.2, 0.25) is 11.8 Å². The van der Waals surface area contributed by atoms with Gasteiger partial charge in [0.1, 0.15) is 0 Å². The van der Waals surface area contributed by atoms with E-state index in [0.717, 1.165) is 11.1 Å². The number of halogens is 2. The molecule has 2 aromatic rings. The molecule has 0 unspecified atom stereocenters. The highest BCUT2D eigenvalue weighted by Gasteiger charge is 2.66. The first-order chi connectivity index (χ1) is 16.7. The Labute approximate surface area is 212 Å². The van der Waals surface area contributed by atoms with Crippen molar-refractivity contribution in [1.82, 2.24) is 0 Å². The third-order valence-corrected chi connectivity index (χ3v) is 8.75. The van der Waals surface area contributed by atoms with E-state index in [4.69, 9.17) is 27.9 Å². The minimum atomic E-state index is -0.683. The van der Waals surface area contributed by atoms with E-state index >= 15 is 0 Å². The molecule has 9 heteroatoms. The molecule has 2 saturated carbocycles. The first-order valence-corrected chi connectivity index (χ1v) is 12.4. The lowest BCUT2D eigenvalue weighted by Gasteiger charge is -2.28. The summed E-state index contributed by atoms with van der Waals surface area (Å²) in [6, 6.07) is 11.7. The standard InChI is InChI=1S/C26H24Cl2N2O5/c1-12-4-3-5-13(2)23(12)29-18(31)11-35-26(34)14-6-8-15(9-7-14)30-24(32)19-16-10-17(20(19)25(30)33)22(28)21(16)27/h3-9,16-17,19-22H,10-11H2,1-2H3,(H,29,31)/t16-,17-,19-,20+,21-,22+/m1/s1. The molecule has 2 aromatic carbocycles. The molecular formula is C26H24Cl2N2O5. The predicted octanol–water partition coefficient (Wildman–Crippen LogP) is 4.07. The van der Waals surface area contributed by atoms with Crippen LogP contribution in [-0.4, -0.2) is 41.1 Å². The van der Waals surface area contributed by atoms with Gasteiger partial charge < -0.3 is 10.1 Å². The quantitative estimate of drug-likeness (QED) is 0.368. The molecule has 5 rings (SSSR count). The highest BCUT2D eigenvalue weighted by Crippen LogP contribution is 2.59. The number of hydrogen-bond acceptors (Lipinski definition) is 5. The third-order valence-electron chi connectivity index (χ3n) is 7.43. The van der Waals surface area contributed by atoms with Gasteiger partial charge >= 0.3 is 5.97 Å². The lowest BCUT2D eigenvalue weighted by atomic mass is 9.80. The number of nitrogens with zero attached hydrogens (tertiary/aromatic N) is 1. The van der Waals surface area contributed by atoms with E-state index < -0.39 is 30.3 Å². The van der Waals surface area contributed by atoms with Crippen molar-refractivity contribution >= 4 is 58.3 Å². The van der Waals surface area contributed by atoms with Crippen molar-refractivity contribution in [2.45, 2.75) is 31.0 Å². The number of benzene rings is 2. The van der Waals surface area contributed by atoms with Gasteiger partial charge in [-0.2, -0.15) is 0 Å². The van der Waals surface area contributed by atoms with Crippen LogP contribution in [0.3, 0.4) is 0 Å². The first-order valence-electron chi connectivity index (χ1n) is 11.5. The van der Waals surface area contributed by atoms with E-state index in [9.17, 15) is 19.2 Å². The van der Waals surface area contributed by atoms with Crippen molar-refractivity contribution < 1.29 is 23.9 Å². The number of rotatable bonds is 5. The van der Waals surface area contributed by atoms with Crippen molar-refractivity contribution in [3.05, 3.63) is 59.2 Å². The lowest BCUT2D eigenvalue weighted by molar-refractivity contribution is -0.123. The number of aryl methyl sites for hydroxylation is 2. The molecule has 0 spiro atoms. The van der Waals surface area contributed by atoms with Crippen LogP contribution in [0.15, 0.2) is 42.5 Å². The zero-order valence-electron chi connectivity index (χ0n) is 19.2. The Bertz CT molecular complexity index is 1180. The fourth-order valence-corrected chi connectivity index (χ4v) is 6.64. The monoisotopic (exact) mass is 514 g/mol. The molecule has 3 aliphatic rings. The Balaban J connectivity index is 1.22. The van der Waals surface area contributed by atoms with Crippen LogP contribution in [0.2, 0.25) is 0 Å². The first kappa shape index (κ1) is 23.8. The summed E-state index contributed by atoms with van der Waals surface area (Å²) in [4.78, 5) is 52.1. The number of para-hydroxylation sites is 1. The van der Waals surface area contributed by atoms with E-state index in [1.165, 1.54) is 29.2 Å². The number of ether oxygens (including phenoxy) is 1. The Morgan fingerprint density at radius 1 is 0.943 bits per heavy atom. The number of nitrogens with one attached hydrogen (secondary N) is 1. The van der Waals surface area contributed by atoms with E-state index in [-0.39, 0.29) is 40.0 Å². The summed E-state index contributed by atoms with van der Waals surface area (Å²) in [7, 11) is 0. The fraction of sp³-hybridized carbons (Fsp3) is 0.385. The number of carbonyl (C=O) groups excluding carboxylic acids is 4. The smallest absolute Gasteiger partial charge is 0.338 e. The van der Waals surface area contributed by atoms with Crippen LogP contribution in [-0.2, 0) is 19.1 Å². The molecule has 1 saturated heterocycles. The van der Waals surface area contributed by atoms with Crippen molar-refractivity contribution in [3.8, 4) is 0 Å². The minimum absolute atomic E-state index is 0.0977. The maximum atomic E-state index is 13.1. The summed E-state index contributed by atoms with van der Waals surface area (Å²) in [5.74, 6) is -2.73. The average molecular weight is 515 g/mol. The molecule has 6 atom stereocenters. The highest BCUT2D eigenvalue weighted by molar-refractivity contribution is 6.32. The number of anilines is 2. The molecule has 3 amide bonds. The molecule has 182 valence electrons. The zero-order valence-corrected chi connectivity index (χ0v) is 20.7. The number of alkyl halides is 2. The summed E-state index contributed by atoms with van der Waals surface area (Å²) in [5.41, 5.74) is 3.10. The summed E-state index contributed by atoms with van der Waals surface area (Å²) in [6.07, 6.45) is 0.699. The Morgan fingerprint density at radius 3 is 2.03 bits per heavy atom. The normalized spacial score (nSPS) is 28.9. The lowest BCUT2D eigenvalue weighted by Crippen LogP contribution is -2.37. The van der Waals surface area contributed by atoms with Gasteiger partial charge in [0.25, 0.3) is 5.91 Å². The summed E-state index contributed by atoms with van der Waals surface area (Å²) in [6.45, 7) is 3.32. The molecule has 35 heavy (non-hydrogen) atoms. The van der Waals surface area contributed by atoms with E-state index in [0.29, 0.717) is 17.8 Å². The van der Waals surface area contributed by atoms with Gasteiger partial charge in [0.15, 0.2) is 6.61 Å². The molecule has 2 aliphatic carbocycles. The summed E-state index contributed by atoms with van der Waals surface area (Å²) >= 11 is 12.8. The number of carbonyl (C=O) groups is 4. The highest BCUT2D eigenvalue weighted by atomic mass is 35.5. The third kappa shape index (κ3) is 3.91. The van der Waals surface area contributed by atoms with Crippen molar-refractivity contribution in [1.29, 1.82) is 0 Å². The van der Waals surface area contributed by atoms with Gasteiger partial charge in [-0.05, 0) is 67.5 Å². The maximum absolute atomic E-state index is 13.1. The molecule has 1 N–H and O–H groups in total. The number of hydrogen-bond donors (Lipinski definition) is 1. The molecule has 1 heterocycles. The van der Waals surface area contributed by atoms with Gasteiger partial charge in [-0.1, -0.05) is 18.2 Å². The molecular weight excluding hydrogens is 491 g/mol. The van der Waals surface area contributed by atoms with Gasteiger partial charge in [0.05, 0.1) is 33.8 Å². The van der Waals surface area contributed by atoms with Crippen LogP contribution in [0.1, 0.15) is 27.9 Å². The average Bonchev–Trinajstić information content (AvgIpc) is 3.45. The number of imide groups is 1. The fourth-order valence-electron chi connectivity index (χ4n) is 5.75. The maximum Gasteiger partial charge on any atom is 0.338 e. The molecule has 0 aromatic heterocycles. The van der Waals surface area contributed by atoms with Gasteiger partial charge in [0, 0.05) is 5.69 Å². The summed E-state index contributed by atoms with van der Waals surface area (Å²) in [5, 5.41) is 2.13. The van der Waals surface area contributed by atoms with E-state index in [2.05, 4.69) is 5.32 Å². The molecule has 2 bridgehead atoms. The van der Waals surface area contributed by atoms with Gasteiger partial charge in [-0.15, -0.1) is 23.2 Å². The Kier molecular flexibility index (Phi) is 6.09. The van der Waals surface area contributed by atoms with Crippen LogP contribution in [0, 0.1) is 37.5 Å². The molecule has 3 fully saturated rings. The van der Waals surface area contributed by atoms with Crippen molar-refractivity contribution in [2.24, 2.45) is 23.7 Å². The molecule has 7 nitrogen and oxygen atoms in total. The number of fused-ring (bicyclic) bond motifs is 5. The SMILES string of the molecule is Cc1cccc(C)c1NC(=O)COC(=O)c1ccc(N2C(=O)[C@@H]3[C@H]4C[C@@H]([C@H](Cl)[C@@H]4Cl)[C@@H]3C2=O)cc1. The summed E-state index contributed by atoms with van der Waals surface area (Å²) < 4.78 is 5.14. The molecule has 0 radical (unpaired) electrons. The second-order valence-corrected chi connectivity index (χ2v) is 10.5. The van der Waals surface area contributed by atoms with Crippen LogP contribution < -0.4 is 10.2 Å². The second kappa shape index (κ2) is 8.95. The van der Waals surface area contributed by atoms with Crippen molar-refractivity contribution in [3.63, 3.8) is 0 Å². The topological polar surface area (TPSA) is 92.8 Å². The van der Waals surface area contributed by atoms with Crippen molar-refractivity contribution in [2.75, 3.05) is 16.8 Å². The van der Waals surface area contributed by atoms with E-state index in [1.807, 2.05) is 32.0 Å². The minimum Gasteiger partial charge on any atom is -0.452 e. The second-order valence-electron chi connectivity index (χ2n) is 9.45. The largest absolute Gasteiger partial charge is 0.452 e. The Morgan fingerprint density at radius 2 is 1.49 bits per heavy atom. The van der Waals surface area contributed by atoms with Gasteiger partial charge in [-0.25, -0.2) is 4.79 Å². The van der Waals surface area contributed by atoms with E-state index in [1.54, 1.807) is 0 Å². The number of amides is 3. The van der Waals surface area contributed by atoms with Crippen LogP contribution >= 0.6 is 23.2 Å². The van der Waals surface area contributed by atoms with Crippen LogP contribution in [0.4, 0.5) is 11.4 Å². The predicted molar refractivity (Wildman–Crippen MR) is 132 cm³/mol. The Hall–Kier alpha value is -2.90. The van der Waals surface area contributed by atoms with Gasteiger partial charge in [-0.3, -0.25) is 19.3 Å². The zero-order chi connectivity index (χ0) is 25.0. The van der Waals surface area contributed by atoms with Crippen LogP contribution in [0.5, 0.6) is 0 Å². The number of esters is 1. The van der Waals surface area contributed by atoms with Crippen LogP contribution in [0.25, 0.3) is 0 Å². The molecule has 1 aliphatic heterocycles.